The Balaban J connectivity index is 2.15. The number of carbonyl (C=O) groups is 1. The molecule has 1 aliphatic rings. The highest BCUT2D eigenvalue weighted by molar-refractivity contribution is 7.12. The molecule has 0 spiro atoms. The van der Waals surface area contributed by atoms with Gasteiger partial charge < -0.3 is 4.90 Å². The lowest BCUT2D eigenvalue weighted by Crippen LogP contribution is -2.22. The van der Waals surface area contributed by atoms with Crippen LogP contribution in [-0.4, -0.2) is 17.4 Å². The van der Waals surface area contributed by atoms with Gasteiger partial charge in [0.1, 0.15) is 0 Å². The Morgan fingerprint density at radius 3 is 3.08 bits per heavy atom. The van der Waals surface area contributed by atoms with Gasteiger partial charge in [-0.3, -0.25) is 4.79 Å². The zero-order valence-corrected chi connectivity index (χ0v) is 7.38. The second kappa shape index (κ2) is 3.11. The quantitative estimate of drug-likeness (QED) is 0.646. The van der Waals surface area contributed by atoms with Gasteiger partial charge in [-0.15, -0.1) is 11.3 Å². The molecule has 2 rings (SSSR count). The van der Waals surface area contributed by atoms with E-state index < -0.39 is 0 Å². The molecule has 1 aromatic heterocycles. The summed E-state index contributed by atoms with van der Waals surface area (Å²) in [6.07, 6.45) is 4.87. The Labute approximate surface area is 75.1 Å². The number of amides is 1. The fourth-order valence-corrected chi connectivity index (χ4v) is 1.88. The van der Waals surface area contributed by atoms with Crippen molar-refractivity contribution >= 4 is 17.2 Å². The molecule has 1 aliphatic heterocycles. The number of nitrogens with zero attached hydrogens (tertiary/aromatic N) is 1. The largest absolute Gasteiger partial charge is 0.314 e. The minimum absolute atomic E-state index is 0.124. The van der Waals surface area contributed by atoms with Crippen LogP contribution in [0.2, 0.25) is 0 Å². The van der Waals surface area contributed by atoms with Gasteiger partial charge in [0.15, 0.2) is 0 Å². The van der Waals surface area contributed by atoms with Crippen LogP contribution in [0.5, 0.6) is 0 Å². The molecule has 0 radical (unpaired) electrons. The van der Waals surface area contributed by atoms with E-state index in [1.807, 2.05) is 29.8 Å². The summed E-state index contributed by atoms with van der Waals surface area (Å²) < 4.78 is 0. The average Bonchev–Trinajstić information content (AvgIpc) is 2.77. The van der Waals surface area contributed by atoms with Crippen molar-refractivity contribution in [3.63, 3.8) is 0 Å². The van der Waals surface area contributed by atoms with E-state index in [1.165, 1.54) is 11.3 Å². The van der Waals surface area contributed by atoms with Crippen LogP contribution in [-0.2, 0) is 0 Å². The number of hydrogen-bond acceptors (Lipinski definition) is 2. The lowest BCUT2D eigenvalue weighted by molar-refractivity contribution is 0.0838. The van der Waals surface area contributed by atoms with Gasteiger partial charge in [-0.05, 0) is 17.9 Å². The second-order valence-corrected chi connectivity index (χ2v) is 3.60. The van der Waals surface area contributed by atoms with Crippen molar-refractivity contribution in [3.8, 4) is 0 Å². The van der Waals surface area contributed by atoms with Crippen LogP contribution in [0.3, 0.4) is 0 Å². The van der Waals surface area contributed by atoms with Gasteiger partial charge in [-0.1, -0.05) is 12.1 Å². The molecule has 0 aliphatic carbocycles. The summed E-state index contributed by atoms with van der Waals surface area (Å²) in [5, 5.41) is 1.92. The van der Waals surface area contributed by atoms with Crippen molar-refractivity contribution in [2.45, 2.75) is 6.42 Å². The lowest BCUT2D eigenvalue weighted by atomic mass is 10.4. The molecule has 2 nitrogen and oxygen atoms in total. The van der Waals surface area contributed by atoms with Gasteiger partial charge in [0.05, 0.1) is 4.88 Å². The molecule has 0 unspecified atom stereocenters. The normalized spacial score (nSPS) is 15.5. The van der Waals surface area contributed by atoms with E-state index in [1.54, 1.807) is 4.90 Å². The van der Waals surface area contributed by atoms with Crippen LogP contribution >= 0.6 is 11.3 Å². The van der Waals surface area contributed by atoms with Crippen molar-refractivity contribution < 1.29 is 4.79 Å². The first-order valence-corrected chi connectivity index (χ1v) is 4.77. The first kappa shape index (κ1) is 7.55. The molecular weight excluding hydrogens is 170 g/mol. The number of rotatable bonds is 1. The zero-order valence-electron chi connectivity index (χ0n) is 6.56. The van der Waals surface area contributed by atoms with Crippen LogP contribution in [0.25, 0.3) is 0 Å². The standard InChI is InChI=1S/C9H9NOS/c11-9(8-4-3-7-12-8)10-5-1-2-6-10/h1,3-5,7H,2,6H2. The Kier molecular flexibility index (Phi) is 1.96. The maximum Gasteiger partial charge on any atom is 0.267 e. The van der Waals surface area contributed by atoms with Crippen molar-refractivity contribution in [2.24, 2.45) is 0 Å². The molecule has 0 atom stereocenters. The van der Waals surface area contributed by atoms with E-state index in [4.69, 9.17) is 0 Å². The number of thiophene rings is 1. The smallest absolute Gasteiger partial charge is 0.267 e. The van der Waals surface area contributed by atoms with Crippen LogP contribution in [0, 0.1) is 0 Å². The molecule has 3 heteroatoms. The molecule has 1 aromatic rings. The fraction of sp³-hybridized carbons (Fsp3) is 0.222. The minimum atomic E-state index is 0.124. The van der Waals surface area contributed by atoms with Gasteiger partial charge in [-0.2, -0.15) is 0 Å². The Morgan fingerprint density at radius 1 is 1.58 bits per heavy atom. The highest BCUT2D eigenvalue weighted by atomic mass is 32.1. The van der Waals surface area contributed by atoms with Crippen molar-refractivity contribution in [3.05, 3.63) is 34.7 Å². The SMILES string of the molecule is O=C(c1cccs1)N1C=CCC1. The highest BCUT2D eigenvalue weighted by Gasteiger charge is 2.15. The summed E-state index contributed by atoms with van der Waals surface area (Å²) in [4.78, 5) is 14.2. The molecule has 12 heavy (non-hydrogen) atoms. The predicted octanol–water partition coefficient (Wildman–Crippen LogP) is 2.11. The molecule has 0 aromatic carbocycles. The molecule has 0 N–H and O–H groups in total. The maximum atomic E-state index is 11.6. The molecule has 0 saturated carbocycles. The van der Waals surface area contributed by atoms with Gasteiger partial charge in [0.25, 0.3) is 5.91 Å². The predicted molar refractivity (Wildman–Crippen MR) is 49.1 cm³/mol. The third-order valence-corrected chi connectivity index (χ3v) is 2.67. The van der Waals surface area contributed by atoms with E-state index in [-0.39, 0.29) is 5.91 Å². The minimum Gasteiger partial charge on any atom is -0.314 e. The average molecular weight is 179 g/mol. The highest BCUT2D eigenvalue weighted by Crippen LogP contribution is 2.14. The summed E-state index contributed by atoms with van der Waals surface area (Å²) in [7, 11) is 0. The van der Waals surface area contributed by atoms with Crippen LogP contribution in [0.4, 0.5) is 0 Å². The van der Waals surface area contributed by atoms with E-state index in [9.17, 15) is 4.79 Å². The van der Waals surface area contributed by atoms with Crippen LogP contribution < -0.4 is 0 Å². The van der Waals surface area contributed by atoms with Gasteiger partial charge >= 0.3 is 0 Å². The Hall–Kier alpha value is -1.09. The van der Waals surface area contributed by atoms with E-state index >= 15 is 0 Å². The summed E-state index contributed by atoms with van der Waals surface area (Å²) in [5.41, 5.74) is 0. The van der Waals surface area contributed by atoms with Crippen molar-refractivity contribution in [2.75, 3.05) is 6.54 Å². The molecule has 62 valence electrons. The topological polar surface area (TPSA) is 20.3 Å². The number of hydrogen-bond donors (Lipinski definition) is 0. The Morgan fingerprint density at radius 2 is 2.50 bits per heavy atom. The summed E-state index contributed by atoms with van der Waals surface area (Å²) in [6.45, 7) is 0.830. The summed E-state index contributed by atoms with van der Waals surface area (Å²) >= 11 is 1.49. The summed E-state index contributed by atoms with van der Waals surface area (Å²) in [6, 6.07) is 3.76. The van der Waals surface area contributed by atoms with Gasteiger partial charge in [-0.25, -0.2) is 0 Å². The first-order valence-electron chi connectivity index (χ1n) is 3.89. The van der Waals surface area contributed by atoms with Crippen LogP contribution in [0.15, 0.2) is 29.8 Å². The third-order valence-electron chi connectivity index (χ3n) is 1.81. The van der Waals surface area contributed by atoms with E-state index in [0.29, 0.717) is 0 Å². The second-order valence-electron chi connectivity index (χ2n) is 2.65. The molecule has 0 saturated heterocycles. The molecule has 0 fully saturated rings. The van der Waals surface area contributed by atoms with E-state index in [2.05, 4.69) is 0 Å². The lowest BCUT2D eigenvalue weighted by Gasteiger charge is -2.10. The summed E-state index contributed by atoms with van der Waals surface area (Å²) in [5.74, 6) is 0.124. The molecular formula is C9H9NOS. The van der Waals surface area contributed by atoms with Crippen LogP contribution in [0.1, 0.15) is 16.1 Å². The van der Waals surface area contributed by atoms with Crippen molar-refractivity contribution in [1.82, 2.24) is 4.90 Å². The first-order chi connectivity index (χ1) is 5.88. The number of carbonyl (C=O) groups excluding carboxylic acids is 1. The third kappa shape index (κ3) is 1.28. The van der Waals surface area contributed by atoms with E-state index in [0.717, 1.165) is 17.8 Å². The molecule has 2 heterocycles. The Bertz CT molecular complexity index is 302. The maximum absolute atomic E-state index is 11.6. The monoisotopic (exact) mass is 179 g/mol. The fourth-order valence-electron chi connectivity index (χ4n) is 1.20. The van der Waals surface area contributed by atoms with Gasteiger partial charge in [0, 0.05) is 12.7 Å². The molecule has 0 bridgehead atoms. The zero-order chi connectivity index (χ0) is 8.39. The van der Waals surface area contributed by atoms with Gasteiger partial charge in [0.2, 0.25) is 0 Å². The van der Waals surface area contributed by atoms with Crippen molar-refractivity contribution in [1.29, 1.82) is 0 Å². The molecule has 1 amide bonds.